The van der Waals surface area contributed by atoms with Crippen molar-refractivity contribution >= 4 is 22.9 Å². The van der Waals surface area contributed by atoms with E-state index in [0.717, 1.165) is 18.7 Å². The first-order chi connectivity index (χ1) is 9.21. The van der Waals surface area contributed by atoms with Crippen molar-refractivity contribution in [2.75, 3.05) is 12.4 Å². The summed E-state index contributed by atoms with van der Waals surface area (Å²) in [5.41, 5.74) is 0.926. The minimum absolute atomic E-state index is 0.0551. The Hall–Kier alpha value is -1.82. The fourth-order valence-electron chi connectivity index (χ4n) is 1.66. The van der Waals surface area contributed by atoms with Gasteiger partial charge in [0.05, 0.1) is 11.9 Å². The van der Waals surface area contributed by atoms with Crippen LogP contribution in [0.3, 0.4) is 0 Å². The van der Waals surface area contributed by atoms with Crippen LogP contribution in [-0.2, 0) is 24.3 Å². The van der Waals surface area contributed by atoms with Gasteiger partial charge in [-0.25, -0.2) is 0 Å². The normalized spacial score (nSPS) is 10.4. The molecule has 2 rings (SSSR count). The van der Waals surface area contributed by atoms with Gasteiger partial charge < -0.3 is 10.6 Å². The molecule has 6 heteroatoms. The molecule has 2 heterocycles. The van der Waals surface area contributed by atoms with Gasteiger partial charge in [-0.05, 0) is 18.6 Å². The zero-order valence-electron chi connectivity index (χ0n) is 11.1. The van der Waals surface area contributed by atoms with Gasteiger partial charge in [0.2, 0.25) is 5.91 Å². The summed E-state index contributed by atoms with van der Waals surface area (Å²) in [7, 11) is 1.62. The third kappa shape index (κ3) is 3.82. The van der Waals surface area contributed by atoms with Gasteiger partial charge >= 0.3 is 0 Å². The van der Waals surface area contributed by atoms with E-state index in [9.17, 15) is 4.79 Å². The molecular formula is C13H18N4OS. The summed E-state index contributed by atoms with van der Waals surface area (Å²) in [5.74, 6) is -0.0551. The highest BCUT2D eigenvalue weighted by Gasteiger charge is 2.03. The summed E-state index contributed by atoms with van der Waals surface area (Å²) in [6, 6.07) is 4.31. The van der Waals surface area contributed by atoms with Gasteiger partial charge in [-0.1, -0.05) is 6.92 Å². The number of nitrogens with one attached hydrogen (secondary N) is 2. The highest BCUT2D eigenvalue weighted by atomic mass is 32.1. The van der Waals surface area contributed by atoms with Crippen LogP contribution in [0, 0.1) is 0 Å². The summed E-state index contributed by atoms with van der Waals surface area (Å²) >= 11 is 1.82. The number of carbonyl (C=O) groups is 1. The molecule has 0 bridgehead atoms. The molecule has 5 nitrogen and oxygen atoms in total. The Balaban J connectivity index is 1.87. The lowest BCUT2D eigenvalue weighted by Crippen LogP contribution is -2.23. The predicted molar refractivity (Wildman–Crippen MR) is 77.3 cm³/mol. The van der Waals surface area contributed by atoms with Crippen LogP contribution in [-0.4, -0.2) is 22.7 Å². The average molecular weight is 278 g/mol. The van der Waals surface area contributed by atoms with Crippen LogP contribution in [0.1, 0.15) is 16.7 Å². The second kappa shape index (κ2) is 6.38. The van der Waals surface area contributed by atoms with Crippen molar-refractivity contribution in [2.24, 2.45) is 0 Å². The van der Waals surface area contributed by atoms with Crippen molar-refractivity contribution in [3.63, 3.8) is 0 Å². The molecule has 0 unspecified atom stereocenters. The molecular weight excluding hydrogens is 260 g/mol. The summed E-state index contributed by atoms with van der Waals surface area (Å²) in [6.07, 6.45) is 4.65. The summed E-state index contributed by atoms with van der Waals surface area (Å²) in [4.78, 5) is 13.9. The highest BCUT2D eigenvalue weighted by Crippen LogP contribution is 2.18. The van der Waals surface area contributed by atoms with Crippen molar-refractivity contribution in [3.05, 3.63) is 34.3 Å². The Bertz CT molecular complexity index is 546. The lowest BCUT2D eigenvalue weighted by atomic mass is 10.3. The average Bonchev–Trinajstić information content (AvgIpc) is 3.05. The minimum atomic E-state index is -0.0551. The summed E-state index contributed by atoms with van der Waals surface area (Å²) in [6.45, 7) is 3.19. The van der Waals surface area contributed by atoms with Crippen LogP contribution in [0.25, 0.3) is 0 Å². The Kier molecular flexibility index (Phi) is 4.57. The Morgan fingerprint density at radius 2 is 2.21 bits per heavy atom. The monoisotopic (exact) mass is 278 g/mol. The Labute approximate surface area is 116 Å². The number of anilines is 1. The Morgan fingerprint density at radius 3 is 2.89 bits per heavy atom. The third-order valence-electron chi connectivity index (χ3n) is 2.75. The van der Waals surface area contributed by atoms with Crippen LogP contribution in [0.4, 0.5) is 5.69 Å². The van der Waals surface area contributed by atoms with Gasteiger partial charge in [0.1, 0.15) is 6.54 Å². The topological polar surface area (TPSA) is 59.0 Å². The maximum atomic E-state index is 11.2. The van der Waals surface area contributed by atoms with E-state index in [4.69, 9.17) is 0 Å². The van der Waals surface area contributed by atoms with E-state index in [1.54, 1.807) is 17.9 Å². The number of hydrogen-bond donors (Lipinski definition) is 2. The largest absolute Gasteiger partial charge is 0.378 e. The van der Waals surface area contributed by atoms with Crippen LogP contribution in [0.15, 0.2) is 24.5 Å². The van der Waals surface area contributed by atoms with E-state index >= 15 is 0 Å². The number of aryl methyl sites for hydroxylation is 1. The van der Waals surface area contributed by atoms with E-state index in [0.29, 0.717) is 0 Å². The first-order valence-corrected chi connectivity index (χ1v) is 7.07. The first-order valence-electron chi connectivity index (χ1n) is 6.25. The quantitative estimate of drug-likeness (QED) is 0.848. The number of hydrogen-bond acceptors (Lipinski definition) is 4. The van der Waals surface area contributed by atoms with E-state index < -0.39 is 0 Å². The Morgan fingerprint density at radius 1 is 1.42 bits per heavy atom. The van der Waals surface area contributed by atoms with Gasteiger partial charge in [0, 0.05) is 29.5 Å². The van der Waals surface area contributed by atoms with Gasteiger partial charge in [-0.15, -0.1) is 11.3 Å². The smallest absolute Gasteiger partial charge is 0.241 e. The molecule has 0 atom stereocenters. The summed E-state index contributed by atoms with van der Waals surface area (Å²) in [5, 5.41) is 10.0. The SMILES string of the molecule is CCc1ccc(CNc2cnn(CC(=O)NC)c2)s1. The van der Waals surface area contributed by atoms with Gasteiger partial charge in [0.15, 0.2) is 0 Å². The lowest BCUT2D eigenvalue weighted by Gasteiger charge is -2.01. The van der Waals surface area contributed by atoms with Gasteiger partial charge in [0.25, 0.3) is 0 Å². The van der Waals surface area contributed by atoms with Crippen LogP contribution < -0.4 is 10.6 Å². The molecule has 0 aliphatic rings. The van der Waals surface area contributed by atoms with Crippen molar-refractivity contribution in [3.8, 4) is 0 Å². The molecule has 0 saturated heterocycles. The van der Waals surface area contributed by atoms with Crippen LogP contribution in [0.2, 0.25) is 0 Å². The number of amides is 1. The molecule has 0 aromatic carbocycles. The molecule has 0 aliphatic carbocycles. The van der Waals surface area contributed by atoms with E-state index in [-0.39, 0.29) is 12.5 Å². The van der Waals surface area contributed by atoms with Crippen molar-refractivity contribution in [1.82, 2.24) is 15.1 Å². The predicted octanol–water partition coefficient (Wildman–Crippen LogP) is 1.87. The van der Waals surface area contributed by atoms with E-state index in [1.165, 1.54) is 9.75 Å². The highest BCUT2D eigenvalue weighted by molar-refractivity contribution is 7.12. The maximum absolute atomic E-state index is 11.2. The molecule has 0 aliphatic heterocycles. The molecule has 2 aromatic heterocycles. The second-order valence-corrected chi connectivity index (χ2v) is 5.43. The summed E-state index contributed by atoms with van der Waals surface area (Å²) < 4.78 is 1.62. The van der Waals surface area contributed by atoms with Gasteiger partial charge in [-0.3, -0.25) is 9.48 Å². The number of rotatable bonds is 6. The molecule has 2 N–H and O–H groups in total. The molecule has 0 radical (unpaired) electrons. The van der Waals surface area contributed by atoms with Crippen LogP contribution in [0.5, 0.6) is 0 Å². The van der Waals surface area contributed by atoms with Crippen LogP contribution >= 0.6 is 11.3 Å². The van der Waals surface area contributed by atoms with Crippen molar-refractivity contribution < 1.29 is 4.79 Å². The maximum Gasteiger partial charge on any atom is 0.241 e. The molecule has 102 valence electrons. The number of aromatic nitrogens is 2. The fourth-order valence-corrected chi connectivity index (χ4v) is 2.56. The number of thiophene rings is 1. The van der Waals surface area contributed by atoms with E-state index in [2.05, 4.69) is 34.8 Å². The van der Waals surface area contributed by atoms with E-state index in [1.807, 2.05) is 17.5 Å². The fraction of sp³-hybridized carbons (Fsp3) is 0.385. The molecule has 0 saturated carbocycles. The minimum Gasteiger partial charge on any atom is -0.378 e. The van der Waals surface area contributed by atoms with Crippen molar-refractivity contribution in [2.45, 2.75) is 26.4 Å². The standard InChI is InChI=1S/C13H18N4OS/c1-3-11-4-5-12(19-11)7-15-10-6-16-17(8-10)9-13(18)14-2/h4-6,8,15H,3,7,9H2,1-2H3,(H,14,18). The number of nitrogens with zero attached hydrogens (tertiary/aromatic N) is 2. The van der Waals surface area contributed by atoms with Crippen molar-refractivity contribution in [1.29, 1.82) is 0 Å². The molecule has 2 aromatic rings. The molecule has 1 amide bonds. The zero-order valence-corrected chi connectivity index (χ0v) is 12.0. The van der Waals surface area contributed by atoms with Gasteiger partial charge in [-0.2, -0.15) is 5.10 Å². The second-order valence-electron chi connectivity index (χ2n) is 4.17. The number of likely N-dealkylation sites (N-methyl/N-ethyl adjacent to an activating group) is 1. The molecule has 19 heavy (non-hydrogen) atoms. The number of carbonyl (C=O) groups excluding carboxylic acids is 1. The molecule has 0 fully saturated rings. The molecule has 0 spiro atoms. The first kappa shape index (κ1) is 13.6. The third-order valence-corrected chi connectivity index (χ3v) is 3.98. The zero-order chi connectivity index (χ0) is 13.7. The lowest BCUT2D eigenvalue weighted by molar-refractivity contribution is -0.121.